The number of nitrogens with one attached hydrogen (secondary N) is 1. The highest BCUT2D eigenvalue weighted by molar-refractivity contribution is 7.89. The lowest BCUT2D eigenvalue weighted by atomic mass is 10.0. The van der Waals surface area contributed by atoms with Crippen LogP contribution in [0.3, 0.4) is 0 Å². The number of thiophene rings is 1. The number of amides is 1. The van der Waals surface area contributed by atoms with Gasteiger partial charge in [0.05, 0.1) is 15.5 Å². The molecule has 2 N–H and O–H groups in total. The summed E-state index contributed by atoms with van der Waals surface area (Å²) in [5, 5.41) is 12.8. The molecular weight excluding hydrogens is 579 g/mol. The minimum atomic E-state index is -4.63. The highest BCUT2D eigenvalue weighted by Crippen LogP contribution is 2.35. The van der Waals surface area contributed by atoms with E-state index in [1.807, 2.05) is 24.3 Å². The molecule has 1 aliphatic rings. The van der Waals surface area contributed by atoms with Crippen LogP contribution in [0.15, 0.2) is 59.5 Å². The summed E-state index contributed by atoms with van der Waals surface area (Å²) in [6.45, 7) is 5.95. The molecule has 0 aliphatic carbocycles. The number of carboxylic acid groups (broad SMARTS) is 1. The molecule has 0 saturated carbocycles. The van der Waals surface area contributed by atoms with Gasteiger partial charge < -0.3 is 15.3 Å². The van der Waals surface area contributed by atoms with Crippen LogP contribution in [0.5, 0.6) is 0 Å². The maximum atomic E-state index is 13.6. The van der Waals surface area contributed by atoms with Gasteiger partial charge in [-0.25, -0.2) is 13.2 Å². The Morgan fingerprint density at radius 3 is 2.24 bits per heavy atom. The van der Waals surface area contributed by atoms with Gasteiger partial charge in [0.25, 0.3) is 0 Å². The number of aromatic carboxylic acids is 1. The van der Waals surface area contributed by atoms with Gasteiger partial charge in [-0.1, -0.05) is 38.1 Å². The van der Waals surface area contributed by atoms with Crippen LogP contribution >= 0.6 is 11.3 Å². The fourth-order valence-corrected chi connectivity index (χ4v) is 7.24. The molecule has 0 radical (unpaired) electrons. The van der Waals surface area contributed by atoms with Gasteiger partial charge >= 0.3 is 12.1 Å². The van der Waals surface area contributed by atoms with Gasteiger partial charge in [-0.05, 0) is 59.9 Å². The van der Waals surface area contributed by atoms with E-state index in [2.05, 4.69) is 19.2 Å². The molecule has 2 heterocycles. The van der Waals surface area contributed by atoms with Crippen molar-refractivity contribution in [2.24, 2.45) is 0 Å². The van der Waals surface area contributed by atoms with E-state index in [-0.39, 0.29) is 36.0 Å². The summed E-state index contributed by atoms with van der Waals surface area (Å²) in [7, 11) is -4.35. The number of anilines is 1. The summed E-state index contributed by atoms with van der Waals surface area (Å²) in [5.74, 6) is -1.34. The summed E-state index contributed by atoms with van der Waals surface area (Å²) < 4.78 is 67.4. The maximum absolute atomic E-state index is 13.6. The van der Waals surface area contributed by atoms with E-state index in [9.17, 15) is 36.3 Å². The first-order valence-corrected chi connectivity index (χ1v) is 15.1. The second-order valence-corrected chi connectivity index (χ2v) is 13.0. The number of halogens is 3. The van der Waals surface area contributed by atoms with E-state index in [0.29, 0.717) is 28.6 Å². The first kappa shape index (κ1) is 30.5. The van der Waals surface area contributed by atoms with Crippen LogP contribution < -0.4 is 10.2 Å². The molecule has 1 atom stereocenters. The van der Waals surface area contributed by atoms with Crippen molar-refractivity contribution >= 4 is 38.2 Å². The Morgan fingerprint density at radius 2 is 1.71 bits per heavy atom. The van der Waals surface area contributed by atoms with Crippen molar-refractivity contribution in [3.8, 4) is 0 Å². The molecule has 8 nitrogen and oxygen atoms in total. The van der Waals surface area contributed by atoms with E-state index < -0.39 is 39.7 Å². The summed E-state index contributed by atoms with van der Waals surface area (Å²) >= 11 is 1.03. The quantitative estimate of drug-likeness (QED) is 0.369. The standard InChI is InChI=1S/C28H30F3N3O5S2/c1-17(2)20-6-4-19(5-7-20)15-32-25(35)23-16-33(26-18(3)14-24(40-26)27(36)37)12-13-34(23)41(38,39)22-10-8-21(9-11-22)28(29,30)31/h4-11,14,17,23H,12-13,15-16H2,1-3H3,(H,32,35)(H,36,37)/t23-/m1/s1. The highest BCUT2D eigenvalue weighted by Gasteiger charge is 2.41. The number of benzene rings is 2. The van der Waals surface area contributed by atoms with Gasteiger partial charge in [0.2, 0.25) is 15.9 Å². The summed E-state index contributed by atoms with van der Waals surface area (Å²) in [6.07, 6.45) is -4.63. The van der Waals surface area contributed by atoms with Crippen molar-refractivity contribution in [1.29, 1.82) is 0 Å². The fraction of sp³-hybridized carbons (Fsp3) is 0.357. The molecule has 1 aromatic heterocycles. The first-order valence-electron chi connectivity index (χ1n) is 12.8. The number of nitrogens with zero attached hydrogens (tertiary/aromatic N) is 2. The van der Waals surface area contributed by atoms with Crippen LogP contribution in [0, 0.1) is 6.92 Å². The Morgan fingerprint density at radius 1 is 1.07 bits per heavy atom. The number of hydrogen-bond donors (Lipinski definition) is 2. The minimum Gasteiger partial charge on any atom is -0.477 e. The van der Waals surface area contributed by atoms with Crippen LogP contribution in [0.4, 0.5) is 18.2 Å². The van der Waals surface area contributed by atoms with Gasteiger partial charge in [-0.15, -0.1) is 11.3 Å². The van der Waals surface area contributed by atoms with Gasteiger partial charge in [0.15, 0.2) is 0 Å². The lowest BCUT2D eigenvalue weighted by Crippen LogP contribution is -2.60. The van der Waals surface area contributed by atoms with Gasteiger partial charge in [0, 0.05) is 26.2 Å². The molecule has 1 amide bonds. The number of sulfonamides is 1. The Kier molecular flexibility index (Phi) is 8.81. The minimum absolute atomic E-state index is 0.0710. The zero-order chi connectivity index (χ0) is 30.1. The van der Waals surface area contributed by atoms with Crippen LogP contribution in [0.2, 0.25) is 0 Å². The van der Waals surface area contributed by atoms with E-state index >= 15 is 0 Å². The average molecular weight is 610 g/mol. The Labute approximate surface area is 240 Å². The SMILES string of the molecule is Cc1cc(C(=O)O)sc1N1CCN(S(=O)(=O)c2ccc(C(F)(F)F)cc2)[C@@H](C(=O)NCc2ccc(C(C)C)cc2)C1. The normalized spacial score (nSPS) is 16.7. The number of carbonyl (C=O) groups excluding carboxylic acids is 1. The second kappa shape index (κ2) is 11.8. The van der Waals surface area contributed by atoms with Crippen LogP contribution in [0.1, 0.15) is 51.7 Å². The molecule has 41 heavy (non-hydrogen) atoms. The highest BCUT2D eigenvalue weighted by atomic mass is 32.2. The molecule has 13 heteroatoms. The summed E-state index contributed by atoms with van der Waals surface area (Å²) in [6, 6.07) is 11.1. The van der Waals surface area contributed by atoms with E-state index in [4.69, 9.17) is 0 Å². The van der Waals surface area contributed by atoms with Crippen molar-refractivity contribution in [3.63, 3.8) is 0 Å². The first-order chi connectivity index (χ1) is 19.2. The summed E-state index contributed by atoms with van der Waals surface area (Å²) in [4.78, 5) is 26.5. The van der Waals surface area contributed by atoms with E-state index in [1.165, 1.54) is 6.07 Å². The third-order valence-electron chi connectivity index (χ3n) is 6.92. The van der Waals surface area contributed by atoms with E-state index in [0.717, 1.165) is 38.9 Å². The number of aryl methyl sites for hydroxylation is 1. The Bertz CT molecular complexity index is 1520. The van der Waals surface area contributed by atoms with Crippen molar-refractivity contribution in [2.75, 3.05) is 24.5 Å². The lowest BCUT2D eigenvalue weighted by molar-refractivity contribution is -0.137. The Balaban J connectivity index is 1.62. The molecule has 0 bridgehead atoms. The number of alkyl halides is 3. The molecule has 0 unspecified atom stereocenters. The predicted molar refractivity (Wildman–Crippen MR) is 150 cm³/mol. The van der Waals surface area contributed by atoms with Gasteiger partial charge in [0.1, 0.15) is 10.9 Å². The number of carbonyl (C=O) groups is 2. The monoisotopic (exact) mass is 609 g/mol. The molecule has 1 fully saturated rings. The second-order valence-electron chi connectivity index (χ2n) is 10.1. The molecule has 4 rings (SSSR count). The number of piperazine rings is 1. The average Bonchev–Trinajstić information content (AvgIpc) is 3.33. The fourth-order valence-electron chi connectivity index (χ4n) is 4.62. The molecule has 0 spiro atoms. The topological polar surface area (TPSA) is 107 Å². The van der Waals surface area contributed by atoms with Crippen molar-refractivity contribution < 1.29 is 36.3 Å². The molecule has 220 valence electrons. The summed E-state index contributed by atoms with van der Waals surface area (Å²) in [5.41, 5.74) is 1.63. The lowest BCUT2D eigenvalue weighted by Gasteiger charge is -2.40. The Hall–Kier alpha value is -3.42. The van der Waals surface area contributed by atoms with E-state index in [1.54, 1.807) is 11.8 Å². The number of carboxylic acids is 1. The third-order valence-corrected chi connectivity index (χ3v) is 10.1. The third kappa shape index (κ3) is 6.74. The molecule has 3 aromatic rings. The number of rotatable bonds is 8. The van der Waals surface area contributed by atoms with Crippen molar-refractivity contribution in [1.82, 2.24) is 9.62 Å². The smallest absolute Gasteiger partial charge is 0.416 e. The zero-order valence-electron chi connectivity index (χ0n) is 22.6. The largest absolute Gasteiger partial charge is 0.477 e. The molecule has 2 aromatic carbocycles. The van der Waals surface area contributed by atoms with Gasteiger partial charge in [-0.3, -0.25) is 4.79 Å². The van der Waals surface area contributed by atoms with Crippen molar-refractivity contribution in [3.05, 3.63) is 81.7 Å². The molecular formula is C28H30F3N3O5S2. The number of hydrogen-bond acceptors (Lipinski definition) is 6. The molecule has 1 saturated heterocycles. The van der Waals surface area contributed by atoms with Gasteiger partial charge in [-0.2, -0.15) is 17.5 Å². The zero-order valence-corrected chi connectivity index (χ0v) is 24.2. The molecule has 1 aliphatic heterocycles. The maximum Gasteiger partial charge on any atom is 0.416 e. The predicted octanol–water partition coefficient (Wildman–Crippen LogP) is 5.09. The van der Waals surface area contributed by atoms with Crippen LogP contribution in [0.25, 0.3) is 0 Å². The van der Waals surface area contributed by atoms with Crippen LogP contribution in [-0.2, 0) is 27.5 Å². The van der Waals surface area contributed by atoms with Crippen LogP contribution in [-0.4, -0.2) is 55.4 Å². The van der Waals surface area contributed by atoms with Crippen molar-refractivity contribution in [2.45, 2.75) is 50.3 Å².